The third-order valence-corrected chi connectivity index (χ3v) is 4.45. The van der Waals surface area contributed by atoms with Crippen LogP contribution >= 0.6 is 0 Å². The molecule has 3 aromatic rings. The molecular formula is C20H16O. The molecule has 1 heteroatoms. The molecule has 0 unspecified atom stereocenters. The molecule has 2 atom stereocenters. The summed E-state index contributed by atoms with van der Waals surface area (Å²) in [4.78, 5) is 0. The predicted octanol–water partition coefficient (Wildman–Crippen LogP) is 4.07. The maximum absolute atomic E-state index is 11.4. The van der Waals surface area contributed by atoms with Crippen LogP contribution < -0.4 is 0 Å². The van der Waals surface area contributed by atoms with E-state index in [9.17, 15) is 5.11 Å². The quantitative estimate of drug-likeness (QED) is 0.745. The molecule has 0 aliphatic heterocycles. The molecule has 3 aromatic carbocycles. The van der Waals surface area contributed by atoms with Crippen molar-refractivity contribution in [3.8, 4) is 0 Å². The molecule has 4 rings (SSSR count). The molecule has 0 fully saturated rings. The van der Waals surface area contributed by atoms with Gasteiger partial charge in [0.15, 0.2) is 0 Å². The second kappa shape index (κ2) is 4.57. The van der Waals surface area contributed by atoms with Gasteiger partial charge in [0.2, 0.25) is 0 Å². The van der Waals surface area contributed by atoms with Crippen molar-refractivity contribution in [2.45, 2.75) is 11.5 Å². The highest BCUT2D eigenvalue weighted by atomic mass is 16.3. The fourth-order valence-electron chi connectivity index (χ4n) is 3.48. The van der Waals surface area contributed by atoms with Crippen molar-refractivity contribution >= 4 is 0 Å². The Kier molecular flexibility index (Phi) is 2.69. The Labute approximate surface area is 124 Å². The Hall–Kier alpha value is -2.38. The van der Waals surface area contributed by atoms with E-state index in [1.54, 1.807) is 0 Å². The highest BCUT2D eigenvalue weighted by Crippen LogP contribution is 2.56. The number of aliphatic hydroxyl groups is 1. The second-order valence-corrected chi connectivity index (χ2v) is 5.56. The molecule has 1 aliphatic carbocycles. The van der Waals surface area contributed by atoms with Gasteiger partial charge in [0, 0.05) is 5.92 Å². The van der Waals surface area contributed by atoms with E-state index in [2.05, 4.69) is 18.2 Å². The Balaban J connectivity index is 1.93. The predicted molar refractivity (Wildman–Crippen MR) is 84.2 cm³/mol. The fourth-order valence-corrected chi connectivity index (χ4v) is 3.48. The van der Waals surface area contributed by atoms with E-state index in [0.29, 0.717) is 0 Å². The molecule has 0 saturated heterocycles. The molecule has 0 heterocycles. The Morgan fingerprint density at radius 2 is 1.24 bits per heavy atom. The van der Waals surface area contributed by atoms with E-state index < -0.39 is 5.60 Å². The van der Waals surface area contributed by atoms with Gasteiger partial charge in [-0.25, -0.2) is 0 Å². The lowest BCUT2D eigenvalue weighted by molar-refractivity contribution is 0.0353. The van der Waals surface area contributed by atoms with Crippen LogP contribution in [0.2, 0.25) is 0 Å². The van der Waals surface area contributed by atoms with Crippen LogP contribution in [-0.4, -0.2) is 5.11 Å². The van der Waals surface area contributed by atoms with Crippen molar-refractivity contribution in [3.63, 3.8) is 0 Å². The number of fused-ring (bicyclic) bond motifs is 1. The SMILES string of the molecule is O[C@@]1(c2ccccc2)c2ccccc2[C@H]1c1ccccc1. The second-order valence-electron chi connectivity index (χ2n) is 5.56. The Morgan fingerprint density at radius 3 is 1.95 bits per heavy atom. The van der Waals surface area contributed by atoms with E-state index in [0.717, 1.165) is 16.7 Å². The minimum absolute atomic E-state index is 0.00250. The van der Waals surface area contributed by atoms with Gasteiger partial charge < -0.3 is 5.11 Å². The topological polar surface area (TPSA) is 20.2 Å². The smallest absolute Gasteiger partial charge is 0.126 e. The first-order chi connectivity index (χ1) is 10.3. The maximum atomic E-state index is 11.4. The summed E-state index contributed by atoms with van der Waals surface area (Å²) < 4.78 is 0. The first-order valence-corrected chi connectivity index (χ1v) is 7.24. The molecule has 102 valence electrons. The van der Waals surface area contributed by atoms with Crippen molar-refractivity contribution in [1.29, 1.82) is 0 Å². The van der Waals surface area contributed by atoms with Gasteiger partial charge in [-0.05, 0) is 22.3 Å². The van der Waals surface area contributed by atoms with Crippen LogP contribution in [-0.2, 0) is 5.60 Å². The summed E-state index contributed by atoms with van der Waals surface area (Å²) in [5, 5.41) is 11.4. The molecule has 0 radical (unpaired) electrons. The zero-order valence-corrected chi connectivity index (χ0v) is 11.6. The van der Waals surface area contributed by atoms with Gasteiger partial charge in [-0.3, -0.25) is 0 Å². The molecule has 0 amide bonds. The van der Waals surface area contributed by atoms with Crippen LogP contribution in [0.25, 0.3) is 0 Å². The molecular weight excluding hydrogens is 256 g/mol. The average Bonchev–Trinajstić information content (AvgIpc) is 2.56. The van der Waals surface area contributed by atoms with E-state index in [1.807, 2.05) is 66.7 Å². The van der Waals surface area contributed by atoms with E-state index in [1.165, 1.54) is 5.56 Å². The number of hydrogen-bond acceptors (Lipinski definition) is 1. The molecule has 0 spiro atoms. The van der Waals surface area contributed by atoms with Crippen molar-refractivity contribution in [1.82, 2.24) is 0 Å². The maximum Gasteiger partial charge on any atom is 0.126 e. The van der Waals surface area contributed by atoms with Crippen LogP contribution in [0.1, 0.15) is 28.2 Å². The summed E-state index contributed by atoms with van der Waals surface area (Å²) >= 11 is 0. The van der Waals surface area contributed by atoms with Crippen LogP contribution in [0.5, 0.6) is 0 Å². The van der Waals surface area contributed by atoms with Crippen molar-refractivity contribution in [2.75, 3.05) is 0 Å². The molecule has 0 bridgehead atoms. The van der Waals surface area contributed by atoms with Crippen molar-refractivity contribution in [3.05, 3.63) is 107 Å². The molecule has 0 aromatic heterocycles. The van der Waals surface area contributed by atoms with Gasteiger partial charge in [-0.15, -0.1) is 0 Å². The van der Waals surface area contributed by atoms with E-state index >= 15 is 0 Å². The summed E-state index contributed by atoms with van der Waals surface area (Å²) in [6.07, 6.45) is 0. The summed E-state index contributed by atoms with van der Waals surface area (Å²) in [6.45, 7) is 0. The molecule has 1 aliphatic rings. The van der Waals surface area contributed by atoms with E-state index in [-0.39, 0.29) is 5.92 Å². The zero-order valence-electron chi connectivity index (χ0n) is 11.6. The van der Waals surface area contributed by atoms with Gasteiger partial charge in [-0.1, -0.05) is 84.9 Å². The fraction of sp³-hybridized carbons (Fsp3) is 0.100. The lowest BCUT2D eigenvalue weighted by atomic mass is 9.59. The molecule has 0 saturated carbocycles. The monoisotopic (exact) mass is 272 g/mol. The summed E-state index contributed by atoms with van der Waals surface area (Å²) in [5.74, 6) is -0.00250. The third kappa shape index (κ3) is 1.68. The summed E-state index contributed by atoms with van der Waals surface area (Å²) in [5.41, 5.74) is 3.42. The van der Waals surface area contributed by atoms with Crippen LogP contribution in [0.4, 0.5) is 0 Å². The van der Waals surface area contributed by atoms with Crippen molar-refractivity contribution < 1.29 is 5.11 Å². The van der Waals surface area contributed by atoms with Gasteiger partial charge in [-0.2, -0.15) is 0 Å². The molecule has 21 heavy (non-hydrogen) atoms. The lowest BCUT2D eigenvalue weighted by Gasteiger charge is -2.48. The van der Waals surface area contributed by atoms with Gasteiger partial charge >= 0.3 is 0 Å². The highest BCUT2D eigenvalue weighted by molar-refractivity contribution is 5.59. The minimum atomic E-state index is -0.931. The minimum Gasteiger partial charge on any atom is -0.379 e. The van der Waals surface area contributed by atoms with Crippen LogP contribution in [0, 0.1) is 0 Å². The average molecular weight is 272 g/mol. The standard InChI is InChI=1S/C20H16O/c21-20(16-11-5-2-6-12-16)18-14-8-7-13-17(18)19(20)15-9-3-1-4-10-15/h1-14,19,21H/t19-,20+/m1/s1. The number of hydrogen-bond donors (Lipinski definition) is 1. The third-order valence-electron chi connectivity index (χ3n) is 4.45. The highest BCUT2D eigenvalue weighted by Gasteiger charge is 2.52. The van der Waals surface area contributed by atoms with Crippen molar-refractivity contribution in [2.24, 2.45) is 0 Å². The molecule has 1 N–H and O–H groups in total. The van der Waals surface area contributed by atoms with Crippen LogP contribution in [0.3, 0.4) is 0 Å². The first-order valence-electron chi connectivity index (χ1n) is 7.24. The lowest BCUT2D eigenvalue weighted by Crippen LogP contribution is -2.45. The Morgan fingerprint density at radius 1 is 0.667 bits per heavy atom. The normalized spacial score (nSPS) is 23.2. The number of rotatable bonds is 2. The molecule has 1 nitrogen and oxygen atoms in total. The summed E-state index contributed by atoms with van der Waals surface area (Å²) in [7, 11) is 0. The summed E-state index contributed by atoms with van der Waals surface area (Å²) in [6, 6.07) is 28.4. The Bertz CT molecular complexity index is 764. The van der Waals surface area contributed by atoms with E-state index in [4.69, 9.17) is 0 Å². The first kappa shape index (κ1) is 12.4. The zero-order chi connectivity index (χ0) is 14.3. The van der Waals surface area contributed by atoms with Gasteiger partial charge in [0.05, 0.1) is 0 Å². The number of benzene rings is 3. The van der Waals surface area contributed by atoms with Gasteiger partial charge in [0.1, 0.15) is 5.60 Å². The van der Waals surface area contributed by atoms with Gasteiger partial charge in [0.25, 0.3) is 0 Å². The van der Waals surface area contributed by atoms with Crippen LogP contribution in [0.15, 0.2) is 84.9 Å². The largest absolute Gasteiger partial charge is 0.379 e.